The van der Waals surface area contributed by atoms with Gasteiger partial charge >= 0.3 is 6.18 Å². The molecule has 1 aromatic heterocycles. The topological polar surface area (TPSA) is 37.0 Å². The average molecular weight is 239 g/mol. The Balaban J connectivity index is 2.28. The lowest BCUT2D eigenvalue weighted by Gasteiger charge is -2.07. The summed E-state index contributed by atoms with van der Waals surface area (Å²) < 4.78 is 42.0. The molecule has 0 aliphatic carbocycles. The van der Waals surface area contributed by atoms with Gasteiger partial charge in [0.15, 0.2) is 5.76 Å². The van der Waals surface area contributed by atoms with Crippen molar-refractivity contribution in [2.24, 2.45) is 0 Å². The van der Waals surface area contributed by atoms with Crippen LogP contribution in [0.15, 0.2) is 47.1 Å². The van der Waals surface area contributed by atoms with E-state index in [1.807, 2.05) is 0 Å². The van der Waals surface area contributed by atoms with Crippen LogP contribution < -0.4 is 0 Å². The molecule has 0 radical (unpaired) electrons. The van der Waals surface area contributed by atoms with Crippen molar-refractivity contribution < 1.29 is 17.6 Å². The van der Waals surface area contributed by atoms with E-state index in [4.69, 9.17) is 9.83 Å². The lowest BCUT2D eigenvalue weighted by atomic mass is 10.1. The zero-order chi connectivity index (χ0) is 12.5. The predicted octanol–water partition coefficient (Wildman–Crippen LogP) is 3.71. The Hall–Kier alpha value is -2.04. The second-order valence-electron chi connectivity index (χ2n) is 3.43. The van der Waals surface area contributed by atoms with Crippen molar-refractivity contribution in [3.05, 3.63) is 59.5 Å². The van der Waals surface area contributed by atoms with Gasteiger partial charge < -0.3 is 4.42 Å². The molecule has 0 amide bonds. The van der Waals surface area contributed by atoms with E-state index in [-0.39, 0.29) is 5.71 Å². The summed E-state index contributed by atoms with van der Waals surface area (Å²) in [6.07, 6.45) is -2.95. The third kappa shape index (κ3) is 2.38. The number of hydrogen-bond donors (Lipinski definition) is 1. The molecule has 1 aromatic carbocycles. The highest BCUT2D eigenvalue weighted by atomic mass is 19.4. The summed E-state index contributed by atoms with van der Waals surface area (Å²) in [5.74, 6) is 0.324. The number of benzene rings is 1. The summed E-state index contributed by atoms with van der Waals surface area (Å²) in [6.45, 7) is 0. The molecule has 1 N–H and O–H groups in total. The molecule has 88 valence electrons. The SMILES string of the molecule is N=C(c1ccc(C(F)(F)F)cc1)c1ccco1. The van der Waals surface area contributed by atoms with Crippen LogP contribution in [0, 0.1) is 5.41 Å². The van der Waals surface area contributed by atoms with Gasteiger partial charge in [0.2, 0.25) is 0 Å². The van der Waals surface area contributed by atoms with E-state index < -0.39 is 11.7 Å². The number of halogens is 3. The van der Waals surface area contributed by atoms with Gasteiger partial charge in [-0.1, -0.05) is 12.1 Å². The van der Waals surface area contributed by atoms with E-state index in [1.54, 1.807) is 12.1 Å². The minimum atomic E-state index is -4.36. The van der Waals surface area contributed by atoms with Crippen molar-refractivity contribution in [3.8, 4) is 0 Å². The molecule has 0 aliphatic heterocycles. The lowest BCUT2D eigenvalue weighted by Crippen LogP contribution is -2.06. The number of alkyl halides is 3. The highest BCUT2D eigenvalue weighted by Gasteiger charge is 2.30. The Bertz CT molecular complexity index is 512. The summed E-state index contributed by atoms with van der Waals surface area (Å²) in [5.41, 5.74) is -0.287. The maximum atomic E-state index is 12.3. The summed E-state index contributed by atoms with van der Waals surface area (Å²) in [7, 11) is 0. The third-order valence-corrected chi connectivity index (χ3v) is 2.27. The summed E-state index contributed by atoms with van der Waals surface area (Å²) in [6, 6.07) is 7.62. The molecule has 2 rings (SSSR count). The van der Waals surface area contributed by atoms with Crippen LogP contribution in [-0.4, -0.2) is 5.71 Å². The molecule has 2 nitrogen and oxygen atoms in total. The van der Waals surface area contributed by atoms with Gasteiger partial charge in [-0.15, -0.1) is 0 Å². The van der Waals surface area contributed by atoms with Crippen molar-refractivity contribution >= 4 is 5.71 Å². The number of nitrogens with one attached hydrogen (secondary N) is 1. The van der Waals surface area contributed by atoms with Crippen LogP contribution in [0.4, 0.5) is 13.2 Å². The third-order valence-electron chi connectivity index (χ3n) is 2.27. The van der Waals surface area contributed by atoms with Gasteiger partial charge in [0.1, 0.15) is 5.71 Å². The van der Waals surface area contributed by atoms with Gasteiger partial charge in [-0.3, -0.25) is 5.41 Å². The molecule has 1 heterocycles. The Morgan fingerprint density at radius 2 is 1.71 bits per heavy atom. The van der Waals surface area contributed by atoms with Gasteiger partial charge in [-0.05, 0) is 24.3 Å². The molecule has 0 spiro atoms. The largest absolute Gasteiger partial charge is 0.463 e. The van der Waals surface area contributed by atoms with Crippen LogP contribution >= 0.6 is 0 Å². The van der Waals surface area contributed by atoms with E-state index >= 15 is 0 Å². The Kier molecular flexibility index (Phi) is 2.75. The second-order valence-corrected chi connectivity index (χ2v) is 3.43. The van der Waals surface area contributed by atoms with Gasteiger partial charge in [0.25, 0.3) is 0 Å². The molecular formula is C12H8F3NO. The predicted molar refractivity (Wildman–Crippen MR) is 56.1 cm³/mol. The monoisotopic (exact) mass is 239 g/mol. The molecule has 2 aromatic rings. The average Bonchev–Trinajstić information content (AvgIpc) is 2.80. The van der Waals surface area contributed by atoms with Crippen LogP contribution in [0.5, 0.6) is 0 Å². The smallest absolute Gasteiger partial charge is 0.416 e. The fraction of sp³-hybridized carbons (Fsp3) is 0.0833. The highest BCUT2D eigenvalue weighted by molar-refractivity contribution is 6.08. The van der Waals surface area contributed by atoms with Crippen LogP contribution in [0.1, 0.15) is 16.9 Å². The molecular weight excluding hydrogens is 231 g/mol. The van der Waals surface area contributed by atoms with Crippen molar-refractivity contribution in [2.45, 2.75) is 6.18 Å². The summed E-state index contributed by atoms with van der Waals surface area (Å²) >= 11 is 0. The normalized spacial score (nSPS) is 11.5. The van der Waals surface area contributed by atoms with Crippen molar-refractivity contribution in [1.82, 2.24) is 0 Å². The first-order valence-electron chi connectivity index (χ1n) is 4.78. The second kappa shape index (κ2) is 4.08. The van der Waals surface area contributed by atoms with Gasteiger partial charge in [-0.2, -0.15) is 13.2 Å². The Labute approximate surface area is 95.2 Å². The van der Waals surface area contributed by atoms with Gasteiger partial charge in [0, 0.05) is 5.56 Å². The van der Waals surface area contributed by atoms with E-state index in [9.17, 15) is 13.2 Å². The Morgan fingerprint density at radius 3 is 2.18 bits per heavy atom. The minimum Gasteiger partial charge on any atom is -0.463 e. The lowest BCUT2D eigenvalue weighted by molar-refractivity contribution is -0.137. The molecule has 0 aliphatic rings. The summed E-state index contributed by atoms with van der Waals surface area (Å²) in [5, 5.41) is 7.74. The van der Waals surface area contributed by atoms with Crippen LogP contribution in [0.2, 0.25) is 0 Å². The number of rotatable bonds is 2. The maximum absolute atomic E-state index is 12.3. The van der Waals surface area contributed by atoms with Crippen LogP contribution in [0.3, 0.4) is 0 Å². The highest BCUT2D eigenvalue weighted by Crippen LogP contribution is 2.29. The molecule has 0 unspecified atom stereocenters. The molecule has 0 atom stereocenters. The number of hydrogen-bond acceptors (Lipinski definition) is 2. The van der Waals surface area contributed by atoms with Crippen molar-refractivity contribution in [3.63, 3.8) is 0 Å². The molecule has 0 saturated heterocycles. The minimum absolute atomic E-state index is 0.0590. The van der Waals surface area contributed by atoms with E-state index in [1.165, 1.54) is 18.4 Å². The first-order chi connectivity index (χ1) is 7.98. The standard InChI is InChI=1S/C12H8F3NO/c13-12(14,15)9-5-3-8(4-6-9)11(16)10-2-1-7-17-10/h1-7,16H. The van der Waals surface area contributed by atoms with E-state index in [2.05, 4.69) is 0 Å². The first kappa shape index (κ1) is 11.4. The molecule has 17 heavy (non-hydrogen) atoms. The van der Waals surface area contributed by atoms with E-state index in [0.29, 0.717) is 11.3 Å². The number of furan rings is 1. The van der Waals surface area contributed by atoms with Gasteiger partial charge in [0.05, 0.1) is 11.8 Å². The fourth-order valence-corrected chi connectivity index (χ4v) is 1.39. The zero-order valence-electron chi connectivity index (χ0n) is 8.58. The quantitative estimate of drug-likeness (QED) is 0.797. The van der Waals surface area contributed by atoms with Crippen LogP contribution in [-0.2, 0) is 6.18 Å². The fourth-order valence-electron chi connectivity index (χ4n) is 1.39. The van der Waals surface area contributed by atoms with Gasteiger partial charge in [-0.25, -0.2) is 0 Å². The Morgan fingerprint density at radius 1 is 1.06 bits per heavy atom. The van der Waals surface area contributed by atoms with Crippen molar-refractivity contribution in [2.75, 3.05) is 0 Å². The first-order valence-corrected chi connectivity index (χ1v) is 4.78. The van der Waals surface area contributed by atoms with E-state index in [0.717, 1.165) is 12.1 Å². The van der Waals surface area contributed by atoms with Crippen LogP contribution in [0.25, 0.3) is 0 Å². The molecule has 5 heteroatoms. The maximum Gasteiger partial charge on any atom is 0.416 e. The molecule has 0 fully saturated rings. The zero-order valence-corrected chi connectivity index (χ0v) is 8.58. The molecule has 0 bridgehead atoms. The summed E-state index contributed by atoms with van der Waals surface area (Å²) in [4.78, 5) is 0. The molecule has 0 saturated carbocycles. The van der Waals surface area contributed by atoms with Crippen molar-refractivity contribution in [1.29, 1.82) is 5.41 Å².